The van der Waals surface area contributed by atoms with Gasteiger partial charge in [-0.1, -0.05) is 25.5 Å². The first-order chi connectivity index (χ1) is 18.3. The third-order valence-electron chi connectivity index (χ3n) is 7.17. The molecule has 2 aromatic carbocycles. The van der Waals surface area contributed by atoms with Gasteiger partial charge in [-0.2, -0.15) is 0 Å². The number of fused-ring (bicyclic) bond motifs is 3. The lowest BCUT2D eigenvalue weighted by molar-refractivity contribution is 0.0321. The zero-order valence-electron chi connectivity index (χ0n) is 21.8. The highest BCUT2D eigenvalue weighted by Crippen LogP contribution is 2.50. The van der Waals surface area contributed by atoms with Crippen molar-refractivity contribution >= 4 is 5.78 Å². The molecule has 5 rings (SSSR count). The van der Waals surface area contributed by atoms with E-state index >= 15 is 0 Å². The van der Waals surface area contributed by atoms with Crippen LogP contribution in [0.3, 0.4) is 0 Å². The van der Waals surface area contributed by atoms with Crippen LogP contribution in [-0.4, -0.2) is 101 Å². The lowest BCUT2D eigenvalue weighted by Gasteiger charge is -2.26. The van der Waals surface area contributed by atoms with Gasteiger partial charge >= 0.3 is 0 Å². The van der Waals surface area contributed by atoms with Crippen LogP contribution < -0.4 is 14.2 Å². The van der Waals surface area contributed by atoms with Crippen molar-refractivity contribution in [3.05, 3.63) is 41.5 Å². The molecule has 2 aliphatic heterocycles. The summed E-state index contributed by atoms with van der Waals surface area (Å²) >= 11 is 0. The summed E-state index contributed by atoms with van der Waals surface area (Å²) in [4.78, 5) is 18.4. The Labute approximate surface area is 219 Å². The SMILES string of the molecule is CCCCOc1ccc(OCCN2CCOCC2)c2c1-c1c(OCCN3CCOCC3)cccc1C2=O. The van der Waals surface area contributed by atoms with Crippen LogP contribution in [0.15, 0.2) is 30.3 Å². The van der Waals surface area contributed by atoms with Crippen molar-refractivity contribution in [1.29, 1.82) is 0 Å². The molecule has 3 aliphatic rings. The maximum atomic E-state index is 13.7. The van der Waals surface area contributed by atoms with Crippen LogP contribution in [0.5, 0.6) is 17.2 Å². The lowest BCUT2D eigenvalue weighted by atomic mass is 10.0. The molecular weight excluding hydrogens is 472 g/mol. The second-order valence-corrected chi connectivity index (χ2v) is 9.63. The Morgan fingerprint density at radius 2 is 1.24 bits per heavy atom. The summed E-state index contributed by atoms with van der Waals surface area (Å²) in [6.07, 6.45) is 1.99. The molecule has 2 fully saturated rings. The molecule has 0 unspecified atom stereocenters. The number of hydrogen-bond acceptors (Lipinski definition) is 8. The zero-order chi connectivity index (χ0) is 25.5. The number of ether oxygens (including phenoxy) is 5. The number of carbonyl (C=O) groups is 1. The monoisotopic (exact) mass is 510 g/mol. The van der Waals surface area contributed by atoms with Crippen LogP contribution >= 0.6 is 0 Å². The Morgan fingerprint density at radius 1 is 0.703 bits per heavy atom. The minimum Gasteiger partial charge on any atom is -0.493 e. The third-order valence-corrected chi connectivity index (χ3v) is 7.17. The summed E-state index contributed by atoms with van der Waals surface area (Å²) in [5.74, 6) is 1.99. The van der Waals surface area contributed by atoms with Crippen molar-refractivity contribution in [2.24, 2.45) is 0 Å². The van der Waals surface area contributed by atoms with E-state index in [1.807, 2.05) is 30.3 Å². The van der Waals surface area contributed by atoms with E-state index in [9.17, 15) is 4.79 Å². The molecule has 0 N–H and O–H groups in total. The normalized spacial score (nSPS) is 17.9. The quantitative estimate of drug-likeness (QED) is 0.343. The van der Waals surface area contributed by atoms with Gasteiger partial charge in [0.15, 0.2) is 5.78 Å². The minimum atomic E-state index is -0.0362. The molecule has 0 aromatic heterocycles. The average Bonchev–Trinajstić information content (AvgIpc) is 3.25. The molecule has 0 radical (unpaired) electrons. The molecule has 37 heavy (non-hydrogen) atoms. The molecule has 200 valence electrons. The van der Waals surface area contributed by atoms with E-state index in [-0.39, 0.29) is 5.78 Å². The largest absolute Gasteiger partial charge is 0.493 e. The highest BCUT2D eigenvalue weighted by molar-refractivity contribution is 6.25. The van der Waals surface area contributed by atoms with Crippen LogP contribution in [0, 0.1) is 0 Å². The molecule has 0 atom stereocenters. The van der Waals surface area contributed by atoms with Crippen LogP contribution in [0.25, 0.3) is 11.1 Å². The number of carbonyl (C=O) groups excluding carboxylic acids is 1. The van der Waals surface area contributed by atoms with Crippen molar-refractivity contribution in [3.63, 3.8) is 0 Å². The zero-order valence-corrected chi connectivity index (χ0v) is 21.8. The van der Waals surface area contributed by atoms with Crippen molar-refractivity contribution in [2.75, 3.05) is 85.5 Å². The van der Waals surface area contributed by atoms with Gasteiger partial charge in [0.25, 0.3) is 0 Å². The summed E-state index contributed by atoms with van der Waals surface area (Å²) in [6, 6.07) is 9.53. The number of rotatable bonds is 12. The summed E-state index contributed by atoms with van der Waals surface area (Å²) in [5, 5.41) is 0. The highest BCUT2D eigenvalue weighted by Gasteiger charge is 2.35. The van der Waals surface area contributed by atoms with Crippen LogP contribution in [0.4, 0.5) is 0 Å². The van der Waals surface area contributed by atoms with Crippen molar-refractivity contribution in [3.8, 4) is 28.4 Å². The number of morpholine rings is 2. The lowest BCUT2D eigenvalue weighted by Crippen LogP contribution is -2.38. The van der Waals surface area contributed by atoms with Gasteiger partial charge in [0.1, 0.15) is 30.5 Å². The van der Waals surface area contributed by atoms with Gasteiger partial charge in [0, 0.05) is 56.0 Å². The van der Waals surface area contributed by atoms with Crippen molar-refractivity contribution in [1.82, 2.24) is 9.80 Å². The van der Waals surface area contributed by atoms with Gasteiger partial charge in [0.2, 0.25) is 0 Å². The third kappa shape index (κ3) is 6.09. The van der Waals surface area contributed by atoms with E-state index in [0.29, 0.717) is 48.2 Å². The van der Waals surface area contributed by atoms with Gasteiger partial charge < -0.3 is 23.7 Å². The van der Waals surface area contributed by atoms with E-state index in [2.05, 4.69) is 16.7 Å². The first kappa shape index (κ1) is 26.0. The van der Waals surface area contributed by atoms with E-state index in [0.717, 1.165) is 89.7 Å². The number of nitrogens with zero attached hydrogens (tertiary/aromatic N) is 2. The number of benzene rings is 2. The molecule has 8 heteroatoms. The summed E-state index contributed by atoms with van der Waals surface area (Å²) < 4.78 is 29.6. The van der Waals surface area contributed by atoms with Crippen molar-refractivity contribution < 1.29 is 28.5 Å². The fourth-order valence-electron chi connectivity index (χ4n) is 5.06. The van der Waals surface area contributed by atoms with Crippen LogP contribution in [-0.2, 0) is 9.47 Å². The molecule has 0 amide bonds. The smallest absolute Gasteiger partial charge is 0.198 e. The maximum Gasteiger partial charge on any atom is 0.198 e. The van der Waals surface area contributed by atoms with E-state index in [4.69, 9.17) is 23.7 Å². The van der Waals surface area contributed by atoms with Gasteiger partial charge in [-0.25, -0.2) is 0 Å². The molecule has 2 aromatic rings. The molecule has 0 spiro atoms. The molecular formula is C29H38N2O6. The highest BCUT2D eigenvalue weighted by atomic mass is 16.5. The molecule has 0 bridgehead atoms. The first-order valence-electron chi connectivity index (χ1n) is 13.6. The molecule has 0 saturated carbocycles. The predicted molar refractivity (Wildman–Crippen MR) is 141 cm³/mol. The molecule has 2 saturated heterocycles. The predicted octanol–water partition coefficient (Wildman–Crippen LogP) is 3.50. The number of hydrogen-bond donors (Lipinski definition) is 0. The Balaban J connectivity index is 1.38. The number of unbranched alkanes of at least 4 members (excludes halogenated alkanes) is 1. The summed E-state index contributed by atoms with van der Waals surface area (Å²) in [7, 11) is 0. The van der Waals surface area contributed by atoms with Gasteiger partial charge in [-0.05, 0) is 24.6 Å². The summed E-state index contributed by atoms with van der Waals surface area (Å²) in [6.45, 7) is 12.1. The Hall–Kier alpha value is -2.65. The second kappa shape index (κ2) is 12.7. The maximum absolute atomic E-state index is 13.7. The van der Waals surface area contributed by atoms with E-state index < -0.39 is 0 Å². The Morgan fingerprint density at radius 3 is 1.84 bits per heavy atom. The fourth-order valence-corrected chi connectivity index (χ4v) is 5.06. The molecule has 2 heterocycles. The Kier molecular flexibility index (Phi) is 8.94. The average molecular weight is 511 g/mol. The van der Waals surface area contributed by atoms with Gasteiger partial charge in [0.05, 0.1) is 38.6 Å². The van der Waals surface area contributed by atoms with Crippen LogP contribution in [0.2, 0.25) is 0 Å². The topological polar surface area (TPSA) is 69.7 Å². The minimum absolute atomic E-state index is 0.0362. The fraction of sp³-hybridized carbons (Fsp3) is 0.552. The van der Waals surface area contributed by atoms with E-state index in [1.54, 1.807) is 0 Å². The molecule has 1 aliphatic carbocycles. The van der Waals surface area contributed by atoms with Gasteiger partial charge in [-0.15, -0.1) is 0 Å². The molecule has 8 nitrogen and oxygen atoms in total. The second-order valence-electron chi connectivity index (χ2n) is 9.63. The Bertz CT molecular complexity index is 1060. The van der Waals surface area contributed by atoms with Crippen LogP contribution in [0.1, 0.15) is 35.7 Å². The van der Waals surface area contributed by atoms with Crippen molar-refractivity contribution in [2.45, 2.75) is 19.8 Å². The van der Waals surface area contributed by atoms with Gasteiger partial charge in [-0.3, -0.25) is 14.6 Å². The van der Waals surface area contributed by atoms with E-state index in [1.165, 1.54) is 0 Å². The number of ketones is 1. The standard InChI is InChI=1S/C29H38N2O6/c1-2-3-15-35-24-7-8-25(37-21-14-31-11-18-34-19-12-31)28-27(24)26-22(29(28)32)5-4-6-23(26)36-20-13-30-9-16-33-17-10-30/h4-8H,2-3,9-21H2,1H3. The first-order valence-corrected chi connectivity index (χ1v) is 13.6. The summed E-state index contributed by atoms with van der Waals surface area (Å²) in [5.41, 5.74) is 2.83.